The van der Waals surface area contributed by atoms with Crippen molar-refractivity contribution >= 4 is 28.8 Å². The second-order valence-electron chi connectivity index (χ2n) is 4.12. The van der Waals surface area contributed by atoms with Crippen LogP contribution in [0, 0.1) is 11.8 Å². The van der Waals surface area contributed by atoms with Crippen LogP contribution in [0.15, 0.2) is 30.5 Å². The van der Waals surface area contributed by atoms with E-state index in [1.54, 1.807) is 18.3 Å². The third kappa shape index (κ3) is 4.57. The summed E-state index contributed by atoms with van der Waals surface area (Å²) in [6.07, 6.45) is 2.31. The quantitative estimate of drug-likeness (QED) is 0.848. The molecule has 0 fully saturated rings. The van der Waals surface area contributed by atoms with E-state index < -0.39 is 0 Å². The smallest absolute Gasteiger partial charge is 0.271 e. The predicted octanol–water partition coefficient (Wildman–Crippen LogP) is 2.08. The number of hydrogen-bond donors (Lipinski definition) is 2. The van der Waals surface area contributed by atoms with Crippen LogP contribution in [0.1, 0.15) is 20.9 Å². The van der Waals surface area contributed by atoms with Gasteiger partial charge in [0.25, 0.3) is 5.91 Å². The van der Waals surface area contributed by atoms with Crippen LogP contribution in [0.4, 0.5) is 0 Å². The van der Waals surface area contributed by atoms with Crippen molar-refractivity contribution < 1.29 is 4.79 Å². The fourth-order valence-electron chi connectivity index (χ4n) is 1.70. The van der Waals surface area contributed by atoms with Crippen LogP contribution in [0.5, 0.6) is 0 Å². The van der Waals surface area contributed by atoms with E-state index in [0.717, 1.165) is 15.6 Å². The molecule has 108 valence electrons. The van der Waals surface area contributed by atoms with Crippen LogP contribution in [0.3, 0.4) is 0 Å². The molecule has 0 radical (unpaired) electrons. The van der Waals surface area contributed by atoms with Gasteiger partial charge in [-0.1, -0.05) is 23.4 Å². The average Bonchev–Trinajstić information content (AvgIpc) is 2.91. The van der Waals surface area contributed by atoms with E-state index in [4.69, 9.17) is 17.3 Å². The lowest BCUT2D eigenvalue weighted by Crippen LogP contribution is -2.27. The molecule has 0 saturated heterocycles. The first-order chi connectivity index (χ1) is 10.2. The van der Waals surface area contributed by atoms with Gasteiger partial charge in [0.1, 0.15) is 5.69 Å². The Morgan fingerprint density at radius 2 is 2.29 bits per heavy atom. The van der Waals surface area contributed by atoms with Crippen molar-refractivity contribution in [2.75, 3.05) is 13.1 Å². The predicted molar refractivity (Wildman–Crippen MR) is 85.5 cm³/mol. The molecule has 0 aliphatic rings. The number of nitrogens with two attached hydrogens (primary N) is 1. The Labute approximate surface area is 132 Å². The Morgan fingerprint density at radius 1 is 1.43 bits per heavy atom. The van der Waals surface area contributed by atoms with Gasteiger partial charge in [-0.25, -0.2) is 4.98 Å². The molecule has 0 unspecified atom stereocenters. The zero-order valence-electron chi connectivity index (χ0n) is 11.2. The fourth-order valence-corrected chi connectivity index (χ4v) is 2.79. The first-order valence-electron chi connectivity index (χ1n) is 6.37. The minimum Gasteiger partial charge on any atom is -0.350 e. The highest BCUT2D eigenvalue weighted by Crippen LogP contribution is 2.21. The Balaban J connectivity index is 1.97. The molecule has 0 spiro atoms. The number of halogens is 1. The Bertz CT molecular complexity index is 687. The van der Waals surface area contributed by atoms with Gasteiger partial charge in [0.05, 0.1) is 16.4 Å². The summed E-state index contributed by atoms with van der Waals surface area (Å²) in [6, 6.07) is 7.30. The van der Waals surface area contributed by atoms with Gasteiger partial charge in [-0.3, -0.25) is 4.79 Å². The molecule has 6 heteroatoms. The van der Waals surface area contributed by atoms with Gasteiger partial charge in [0.2, 0.25) is 0 Å². The van der Waals surface area contributed by atoms with Gasteiger partial charge in [-0.05, 0) is 30.7 Å². The molecule has 2 heterocycles. The van der Waals surface area contributed by atoms with E-state index in [1.807, 2.05) is 12.1 Å². The number of aromatic nitrogens is 1. The van der Waals surface area contributed by atoms with Gasteiger partial charge >= 0.3 is 0 Å². The lowest BCUT2D eigenvalue weighted by molar-refractivity contribution is 0.0949. The maximum Gasteiger partial charge on any atom is 0.271 e. The first-order valence-corrected chi connectivity index (χ1v) is 7.56. The molecule has 2 aromatic heterocycles. The van der Waals surface area contributed by atoms with E-state index >= 15 is 0 Å². The summed E-state index contributed by atoms with van der Waals surface area (Å²) >= 11 is 7.37. The maximum absolute atomic E-state index is 12.1. The van der Waals surface area contributed by atoms with Crippen molar-refractivity contribution in [1.29, 1.82) is 0 Å². The van der Waals surface area contributed by atoms with Crippen LogP contribution in [0.25, 0.3) is 0 Å². The van der Waals surface area contributed by atoms with Crippen molar-refractivity contribution in [2.45, 2.75) is 6.42 Å². The largest absolute Gasteiger partial charge is 0.350 e. The summed E-state index contributed by atoms with van der Waals surface area (Å²) in [7, 11) is 0. The third-order valence-corrected chi connectivity index (χ3v) is 3.92. The molecular formula is C15H14ClN3OS. The lowest BCUT2D eigenvalue weighted by Gasteiger charge is -2.05. The van der Waals surface area contributed by atoms with Gasteiger partial charge in [0, 0.05) is 17.6 Å². The molecular weight excluding hydrogens is 306 g/mol. The van der Waals surface area contributed by atoms with Crippen LogP contribution in [-0.2, 0) is 6.42 Å². The van der Waals surface area contributed by atoms with Crippen LogP contribution in [-0.4, -0.2) is 24.0 Å². The highest BCUT2D eigenvalue weighted by atomic mass is 35.5. The van der Waals surface area contributed by atoms with Crippen LogP contribution >= 0.6 is 22.9 Å². The summed E-state index contributed by atoms with van der Waals surface area (Å²) in [5.74, 6) is 5.34. The highest BCUT2D eigenvalue weighted by Gasteiger charge is 2.11. The van der Waals surface area contributed by atoms with Gasteiger partial charge < -0.3 is 11.1 Å². The molecule has 0 saturated carbocycles. The molecule has 0 atom stereocenters. The van der Waals surface area contributed by atoms with Crippen molar-refractivity contribution in [1.82, 2.24) is 10.3 Å². The summed E-state index contributed by atoms with van der Waals surface area (Å²) in [6.45, 7) is 0.769. The number of carbonyl (C=O) groups excluding carboxylic acids is 1. The summed E-state index contributed by atoms with van der Waals surface area (Å²) in [5, 5.41) is 2.84. The van der Waals surface area contributed by atoms with Gasteiger partial charge in [0.15, 0.2) is 0 Å². The molecule has 3 N–H and O–H groups in total. The maximum atomic E-state index is 12.1. The zero-order chi connectivity index (χ0) is 15.1. The molecule has 2 aromatic rings. The normalized spacial score (nSPS) is 9.81. The standard InChI is InChI=1S/C15H14ClN3OS/c16-13-6-5-12(21-13)7-10-19-15(20)14-11(3-1-8-17)4-2-9-18-14/h2,4-6,9H,7-8,10,17H2,(H,19,20). The summed E-state index contributed by atoms with van der Waals surface area (Å²) in [5.41, 5.74) is 6.25. The average molecular weight is 320 g/mol. The molecule has 21 heavy (non-hydrogen) atoms. The second-order valence-corrected chi connectivity index (χ2v) is 5.92. The van der Waals surface area contributed by atoms with E-state index in [0.29, 0.717) is 17.8 Å². The monoisotopic (exact) mass is 319 g/mol. The van der Waals surface area contributed by atoms with Crippen molar-refractivity contribution in [3.05, 3.63) is 50.9 Å². The van der Waals surface area contributed by atoms with Crippen molar-refractivity contribution in [3.63, 3.8) is 0 Å². The Morgan fingerprint density at radius 3 is 3.00 bits per heavy atom. The SMILES string of the molecule is NCC#Cc1cccnc1C(=O)NCCc1ccc(Cl)s1. The number of hydrogen-bond acceptors (Lipinski definition) is 4. The summed E-state index contributed by atoms with van der Waals surface area (Å²) in [4.78, 5) is 17.3. The number of carbonyl (C=O) groups is 1. The molecule has 2 rings (SSSR count). The number of nitrogens with zero attached hydrogens (tertiary/aromatic N) is 1. The summed E-state index contributed by atoms with van der Waals surface area (Å²) < 4.78 is 0.750. The van der Waals surface area contributed by atoms with Gasteiger partial charge in [-0.2, -0.15) is 0 Å². The number of rotatable bonds is 4. The van der Waals surface area contributed by atoms with E-state index in [2.05, 4.69) is 22.1 Å². The molecule has 0 bridgehead atoms. The zero-order valence-corrected chi connectivity index (χ0v) is 12.8. The Kier molecular flexibility index (Phi) is 5.76. The highest BCUT2D eigenvalue weighted by molar-refractivity contribution is 7.16. The molecule has 4 nitrogen and oxygen atoms in total. The van der Waals surface area contributed by atoms with Crippen molar-refractivity contribution in [3.8, 4) is 11.8 Å². The molecule has 1 amide bonds. The van der Waals surface area contributed by atoms with E-state index in [9.17, 15) is 4.79 Å². The minimum absolute atomic E-state index is 0.237. The molecule has 0 aromatic carbocycles. The molecule has 0 aliphatic heterocycles. The number of amides is 1. The van der Waals surface area contributed by atoms with Gasteiger partial charge in [-0.15, -0.1) is 11.3 Å². The Hall–Kier alpha value is -1.87. The number of nitrogens with one attached hydrogen (secondary N) is 1. The third-order valence-electron chi connectivity index (χ3n) is 2.63. The lowest BCUT2D eigenvalue weighted by atomic mass is 10.2. The fraction of sp³-hybridized carbons (Fsp3) is 0.200. The molecule has 0 aliphatic carbocycles. The number of pyridine rings is 1. The van der Waals surface area contributed by atoms with Crippen LogP contribution < -0.4 is 11.1 Å². The first kappa shape index (κ1) is 15.5. The van der Waals surface area contributed by atoms with Crippen molar-refractivity contribution in [2.24, 2.45) is 5.73 Å². The minimum atomic E-state index is -0.237. The van der Waals surface area contributed by atoms with Crippen LogP contribution in [0.2, 0.25) is 4.34 Å². The van der Waals surface area contributed by atoms with E-state index in [-0.39, 0.29) is 12.5 Å². The van der Waals surface area contributed by atoms with E-state index in [1.165, 1.54) is 11.3 Å². The second kappa shape index (κ2) is 7.79. The topological polar surface area (TPSA) is 68.0 Å². The number of thiophene rings is 1.